The Morgan fingerprint density at radius 1 is 1.50 bits per heavy atom. The van der Waals surface area contributed by atoms with Gasteiger partial charge in [-0.3, -0.25) is 9.69 Å². The molecule has 0 aromatic carbocycles. The van der Waals surface area contributed by atoms with E-state index in [-0.39, 0.29) is 11.7 Å². The monoisotopic (exact) mass is 351 g/mol. The van der Waals surface area contributed by atoms with Crippen LogP contribution in [0.15, 0.2) is 12.3 Å². The van der Waals surface area contributed by atoms with Crippen molar-refractivity contribution in [2.24, 2.45) is 5.41 Å². The maximum atomic E-state index is 12.7. The van der Waals surface area contributed by atoms with Crippen LogP contribution in [-0.4, -0.2) is 42.4 Å². The number of hydrogen-bond donors (Lipinski definition) is 1. The summed E-state index contributed by atoms with van der Waals surface area (Å²) < 4.78 is 28.9. The van der Waals surface area contributed by atoms with Gasteiger partial charge in [0.15, 0.2) is 0 Å². The molecule has 8 nitrogen and oxygen atoms in total. The van der Waals surface area contributed by atoms with Crippen molar-refractivity contribution >= 4 is 21.7 Å². The van der Waals surface area contributed by atoms with Crippen LogP contribution >= 0.6 is 0 Å². The number of anilines is 1. The molecular formula is C15H21N5O3S. The Hall–Kier alpha value is -1.92. The zero-order valence-electron chi connectivity index (χ0n) is 13.6. The van der Waals surface area contributed by atoms with E-state index in [4.69, 9.17) is 5.26 Å². The summed E-state index contributed by atoms with van der Waals surface area (Å²) >= 11 is 0. The van der Waals surface area contributed by atoms with Crippen molar-refractivity contribution in [1.29, 1.82) is 5.26 Å². The maximum absolute atomic E-state index is 12.7. The first kappa shape index (κ1) is 16.9. The van der Waals surface area contributed by atoms with Gasteiger partial charge >= 0.3 is 0 Å². The number of nitriles is 1. The number of sulfonamides is 1. The number of carbonyl (C=O) groups excluding carboxylic acids is 1. The summed E-state index contributed by atoms with van der Waals surface area (Å²) in [6.07, 6.45) is 4.00. The third-order valence-corrected chi connectivity index (χ3v) is 6.16. The van der Waals surface area contributed by atoms with Crippen LogP contribution in [0.1, 0.15) is 32.6 Å². The van der Waals surface area contributed by atoms with Crippen LogP contribution in [0.5, 0.6) is 0 Å². The number of rotatable bonds is 6. The second kappa shape index (κ2) is 6.18. The molecule has 9 heteroatoms. The van der Waals surface area contributed by atoms with Crippen LogP contribution in [0.2, 0.25) is 0 Å². The molecule has 1 aromatic rings. The van der Waals surface area contributed by atoms with Gasteiger partial charge in [0, 0.05) is 19.2 Å². The molecule has 0 radical (unpaired) electrons. The first-order valence-electron chi connectivity index (χ1n) is 8.14. The van der Waals surface area contributed by atoms with Gasteiger partial charge in [0.2, 0.25) is 15.9 Å². The fourth-order valence-corrected chi connectivity index (χ4v) is 4.89. The van der Waals surface area contributed by atoms with E-state index in [0.717, 1.165) is 0 Å². The lowest BCUT2D eigenvalue weighted by molar-refractivity contribution is -0.121. The SMILES string of the molecule is CCn1nccc1N1CCCC(NS(=O)(=O)CC2(C#N)CC2)C1=O. The molecule has 130 valence electrons. The zero-order valence-corrected chi connectivity index (χ0v) is 14.4. The molecule has 1 aliphatic heterocycles. The maximum Gasteiger partial charge on any atom is 0.246 e. The topological polar surface area (TPSA) is 108 Å². The number of carbonyl (C=O) groups is 1. The first-order chi connectivity index (χ1) is 11.4. The number of hydrogen-bond acceptors (Lipinski definition) is 5. The lowest BCUT2D eigenvalue weighted by atomic mass is 10.1. The van der Waals surface area contributed by atoms with Gasteiger partial charge in [0.1, 0.15) is 11.9 Å². The van der Waals surface area contributed by atoms with Crippen LogP contribution in [0.25, 0.3) is 0 Å². The summed E-state index contributed by atoms with van der Waals surface area (Å²) in [6.45, 7) is 3.11. The zero-order chi connectivity index (χ0) is 17.4. The van der Waals surface area contributed by atoms with Crippen molar-refractivity contribution in [1.82, 2.24) is 14.5 Å². The van der Waals surface area contributed by atoms with Crippen molar-refractivity contribution < 1.29 is 13.2 Å². The predicted molar refractivity (Wildman–Crippen MR) is 87.5 cm³/mol. The molecule has 1 aliphatic carbocycles. The Balaban J connectivity index is 1.73. The molecule has 24 heavy (non-hydrogen) atoms. The van der Waals surface area contributed by atoms with Crippen molar-refractivity contribution in [2.45, 2.75) is 45.2 Å². The molecule has 0 bridgehead atoms. The van der Waals surface area contributed by atoms with E-state index < -0.39 is 21.5 Å². The predicted octanol–water partition coefficient (Wildman–Crippen LogP) is 0.622. The Kier molecular flexibility index (Phi) is 4.36. The molecular weight excluding hydrogens is 330 g/mol. The number of aromatic nitrogens is 2. The van der Waals surface area contributed by atoms with Crippen LogP contribution in [0.3, 0.4) is 0 Å². The van der Waals surface area contributed by atoms with Crippen LogP contribution in [0.4, 0.5) is 5.82 Å². The Morgan fingerprint density at radius 2 is 2.25 bits per heavy atom. The number of aryl methyl sites for hydroxylation is 1. The van der Waals surface area contributed by atoms with Gasteiger partial charge in [0.05, 0.1) is 23.4 Å². The summed E-state index contributed by atoms with van der Waals surface area (Å²) in [5.41, 5.74) is -0.760. The van der Waals surface area contributed by atoms with E-state index >= 15 is 0 Å². The number of amides is 1. The molecule has 3 rings (SSSR count). The van der Waals surface area contributed by atoms with E-state index in [1.807, 2.05) is 6.92 Å². The molecule has 1 saturated heterocycles. The second-order valence-corrected chi connectivity index (χ2v) is 8.21. The van der Waals surface area contributed by atoms with Crippen LogP contribution in [0, 0.1) is 16.7 Å². The molecule has 1 saturated carbocycles. The molecule has 1 aromatic heterocycles. The first-order valence-corrected chi connectivity index (χ1v) is 9.79. The summed E-state index contributed by atoms with van der Waals surface area (Å²) in [4.78, 5) is 14.3. The van der Waals surface area contributed by atoms with E-state index in [2.05, 4.69) is 15.9 Å². The van der Waals surface area contributed by atoms with Gasteiger partial charge < -0.3 is 0 Å². The highest BCUT2D eigenvalue weighted by Gasteiger charge is 2.47. The summed E-state index contributed by atoms with van der Waals surface area (Å²) in [6, 6.07) is 3.05. The summed E-state index contributed by atoms with van der Waals surface area (Å²) in [7, 11) is -3.67. The standard InChI is InChI=1S/C15H21N5O3S/c1-2-20-13(5-8-17-20)19-9-3-4-12(14(19)21)18-24(22,23)11-15(10-16)6-7-15/h5,8,12,18H,2-4,6-7,9,11H2,1H3. The molecule has 1 amide bonds. The van der Waals surface area contributed by atoms with Gasteiger partial charge in [-0.25, -0.2) is 17.8 Å². The minimum atomic E-state index is -3.67. The molecule has 1 unspecified atom stereocenters. The summed E-state index contributed by atoms with van der Waals surface area (Å²) in [5, 5.41) is 13.2. The van der Waals surface area contributed by atoms with Crippen molar-refractivity contribution in [3.05, 3.63) is 12.3 Å². The fraction of sp³-hybridized carbons (Fsp3) is 0.667. The quantitative estimate of drug-likeness (QED) is 0.808. The van der Waals surface area contributed by atoms with E-state index in [0.29, 0.717) is 44.6 Å². The number of piperidine rings is 1. The van der Waals surface area contributed by atoms with E-state index in [9.17, 15) is 13.2 Å². The van der Waals surface area contributed by atoms with Gasteiger partial charge in [-0.2, -0.15) is 10.4 Å². The van der Waals surface area contributed by atoms with Gasteiger partial charge in [0.25, 0.3) is 0 Å². The highest BCUT2D eigenvalue weighted by Crippen LogP contribution is 2.45. The van der Waals surface area contributed by atoms with Gasteiger partial charge in [-0.1, -0.05) is 0 Å². The van der Waals surface area contributed by atoms with E-state index in [1.165, 1.54) is 0 Å². The molecule has 1 N–H and O–H groups in total. The highest BCUT2D eigenvalue weighted by atomic mass is 32.2. The smallest absolute Gasteiger partial charge is 0.246 e. The van der Waals surface area contributed by atoms with Gasteiger partial charge in [-0.15, -0.1) is 0 Å². The second-order valence-electron chi connectivity index (χ2n) is 6.46. The van der Waals surface area contributed by atoms with Crippen LogP contribution in [-0.2, 0) is 21.4 Å². The minimum absolute atomic E-state index is 0.229. The molecule has 2 fully saturated rings. The largest absolute Gasteiger partial charge is 0.296 e. The lowest BCUT2D eigenvalue weighted by Crippen LogP contribution is -2.53. The molecule has 1 atom stereocenters. The summed E-state index contributed by atoms with van der Waals surface area (Å²) in [5.74, 6) is 0.191. The average molecular weight is 351 g/mol. The van der Waals surface area contributed by atoms with Gasteiger partial charge in [-0.05, 0) is 32.6 Å². The third-order valence-electron chi connectivity index (χ3n) is 4.59. The Bertz CT molecular complexity index is 775. The molecule has 2 heterocycles. The lowest BCUT2D eigenvalue weighted by Gasteiger charge is -2.32. The Labute approximate surface area is 141 Å². The normalized spacial score (nSPS) is 23.1. The number of nitrogens with zero attached hydrogens (tertiary/aromatic N) is 4. The highest BCUT2D eigenvalue weighted by molar-refractivity contribution is 7.89. The Morgan fingerprint density at radius 3 is 2.88 bits per heavy atom. The third kappa shape index (κ3) is 3.30. The van der Waals surface area contributed by atoms with Crippen LogP contribution < -0.4 is 9.62 Å². The van der Waals surface area contributed by atoms with Crippen molar-refractivity contribution in [2.75, 3.05) is 17.2 Å². The minimum Gasteiger partial charge on any atom is -0.296 e. The molecule has 2 aliphatic rings. The number of nitrogens with one attached hydrogen (secondary N) is 1. The van der Waals surface area contributed by atoms with E-state index in [1.54, 1.807) is 21.8 Å². The van der Waals surface area contributed by atoms with Crippen molar-refractivity contribution in [3.8, 4) is 6.07 Å². The fourth-order valence-electron chi connectivity index (χ4n) is 3.07. The van der Waals surface area contributed by atoms with Crippen molar-refractivity contribution in [3.63, 3.8) is 0 Å². The average Bonchev–Trinajstić information content (AvgIpc) is 3.14. The molecule has 0 spiro atoms.